The molecule has 0 atom stereocenters. The second-order valence-corrected chi connectivity index (χ2v) is 1.73. The van der Waals surface area contributed by atoms with Crippen LogP contribution in [0.25, 0.3) is 0 Å². The molecule has 0 aliphatic heterocycles. The van der Waals surface area contributed by atoms with E-state index < -0.39 is 6.03 Å². The van der Waals surface area contributed by atoms with E-state index in [-0.39, 0.29) is 0 Å². The molecular formula is C7H6N2O. The number of anilines is 1. The molecule has 0 heterocycles. The van der Waals surface area contributed by atoms with Crippen LogP contribution < -0.4 is 11.1 Å². The maximum Gasteiger partial charge on any atom is 0.337 e. The Bertz CT molecular complexity index is 220. The summed E-state index contributed by atoms with van der Waals surface area (Å²) in [7, 11) is 0. The molecule has 1 rings (SSSR count). The van der Waals surface area contributed by atoms with E-state index in [0.29, 0.717) is 5.69 Å². The summed E-state index contributed by atoms with van der Waals surface area (Å²) in [6.45, 7) is 0. The van der Waals surface area contributed by atoms with Crippen LogP contribution in [0.3, 0.4) is 0 Å². The maximum atomic E-state index is 10.1. The molecule has 0 aliphatic carbocycles. The molecule has 0 saturated carbocycles. The summed E-state index contributed by atoms with van der Waals surface area (Å²) >= 11 is 0. The quantitative estimate of drug-likeness (QED) is 0.618. The number of rotatable bonds is 1. The molecule has 0 fully saturated rings. The maximum absolute atomic E-state index is 10.1. The summed E-state index contributed by atoms with van der Waals surface area (Å²) < 4.78 is 0. The summed E-state index contributed by atoms with van der Waals surface area (Å²) in [5, 5.41) is 2.28. The zero-order valence-corrected chi connectivity index (χ0v) is 5.22. The first kappa shape index (κ1) is 6.61. The molecule has 2 N–H and O–H groups in total. The summed E-state index contributed by atoms with van der Waals surface area (Å²) in [6.07, 6.45) is 0. The zero-order chi connectivity index (χ0) is 7.40. The van der Waals surface area contributed by atoms with E-state index >= 15 is 0 Å². The minimum absolute atomic E-state index is 0.530. The van der Waals surface area contributed by atoms with Crippen molar-refractivity contribution in [1.29, 1.82) is 0 Å². The third-order valence-electron chi connectivity index (χ3n) is 0.957. The van der Waals surface area contributed by atoms with Gasteiger partial charge in [-0.25, -0.2) is 10.5 Å². The van der Waals surface area contributed by atoms with Gasteiger partial charge in [-0.15, -0.1) is 0 Å². The van der Waals surface area contributed by atoms with Crippen molar-refractivity contribution in [2.45, 2.75) is 0 Å². The molecule has 2 radical (unpaired) electrons. The summed E-state index contributed by atoms with van der Waals surface area (Å²) in [4.78, 5) is 10.1. The van der Waals surface area contributed by atoms with Gasteiger partial charge in [0.1, 0.15) is 0 Å². The van der Waals surface area contributed by atoms with Crippen molar-refractivity contribution in [3.8, 4) is 0 Å². The molecular weight excluding hydrogens is 128 g/mol. The number of urea groups is 1. The van der Waals surface area contributed by atoms with Gasteiger partial charge in [0.2, 0.25) is 0 Å². The molecule has 0 aliphatic rings. The lowest BCUT2D eigenvalue weighted by Crippen LogP contribution is -2.08. The topological polar surface area (TPSA) is 52.9 Å². The Morgan fingerprint density at radius 3 is 2.90 bits per heavy atom. The van der Waals surface area contributed by atoms with Gasteiger partial charge in [-0.3, -0.25) is 0 Å². The Hall–Kier alpha value is -1.51. The molecule has 0 spiro atoms. The minimum atomic E-state index is -0.817. The van der Waals surface area contributed by atoms with Crippen LogP contribution in [-0.2, 0) is 0 Å². The second-order valence-electron chi connectivity index (χ2n) is 1.73. The molecule has 0 aromatic heterocycles. The first-order valence-electron chi connectivity index (χ1n) is 2.78. The molecule has 10 heavy (non-hydrogen) atoms. The number of benzene rings is 1. The normalized spacial score (nSPS) is 8.80. The van der Waals surface area contributed by atoms with Gasteiger partial charge in [0.05, 0.1) is 5.69 Å². The molecule has 3 nitrogen and oxygen atoms in total. The third-order valence-corrected chi connectivity index (χ3v) is 0.957. The first-order chi connectivity index (χ1) is 4.79. The fourth-order valence-electron chi connectivity index (χ4n) is 0.593. The van der Waals surface area contributed by atoms with Crippen LogP contribution in [0.15, 0.2) is 24.3 Å². The number of para-hydroxylation sites is 1. The van der Waals surface area contributed by atoms with E-state index in [1.54, 1.807) is 24.3 Å². The number of carbonyl (C=O) groups excluding carboxylic acids is 1. The van der Waals surface area contributed by atoms with Crippen LogP contribution in [0.5, 0.6) is 0 Å². The largest absolute Gasteiger partial charge is 0.337 e. The number of hydrogen-bond donors (Lipinski definition) is 1. The van der Waals surface area contributed by atoms with Crippen molar-refractivity contribution < 1.29 is 4.79 Å². The van der Waals surface area contributed by atoms with Crippen molar-refractivity contribution >= 4 is 11.7 Å². The molecule has 3 heteroatoms. The van der Waals surface area contributed by atoms with Gasteiger partial charge < -0.3 is 5.32 Å². The lowest BCUT2D eigenvalue weighted by Gasteiger charge is -1.96. The standard InChI is InChI=1S/C7H6N2O/c8-7(10)9-6-4-2-1-3-5-6/h1-4,8H,(H,9,10). The smallest absolute Gasteiger partial charge is 0.306 e. The fraction of sp³-hybridized carbons (Fsp3) is 0. The van der Waals surface area contributed by atoms with Crippen molar-refractivity contribution in [2.24, 2.45) is 0 Å². The van der Waals surface area contributed by atoms with Crippen LogP contribution in [-0.4, -0.2) is 6.03 Å². The predicted molar refractivity (Wildman–Crippen MR) is 37.4 cm³/mol. The molecule has 0 bridgehead atoms. The molecule has 0 unspecified atom stereocenters. The molecule has 1 aromatic rings. The van der Waals surface area contributed by atoms with Gasteiger partial charge in [-0.1, -0.05) is 18.2 Å². The molecule has 0 saturated heterocycles. The molecule has 1 aromatic carbocycles. The highest BCUT2D eigenvalue weighted by molar-refractivity contribution is 5.86. The molecule has 50 valence electrons. The van der Waals surface area contributed by atoms with Crippen LogP contribution in [0, 0.1) is 6.07 Å². The number of amides is 2. The van der Waals surface area contributed by atoms with Gasteiger partial charge in [-0.2, -0.15) is 0 Å². The van der Waals surface area contributed by atoms with E-state index in [9.17, 15) is 4.79 Å². The van der Waals surface area contributed by atoms with Crippen molar-refractivity contribution in [3.63, 3.8) is 0 Å². The Morgan fingerprint density at radius 2 is 2.40 bits per heavy atom. The fourth-order valence-corrected chi connectivity index (χ4v) is 0.593. The van der Waals surface area contributed by atoms with Crippen LogP contribution >= 0.6 is 0 Å². The van der Waals surface area contributed by atoms with E-state index in [1.165, 1.54) is 0 Å². The van der Waals surface area contributed by atoms with Gasteiger partial charge in [0, 0.05) is 6.07 Å². The predicted octanol–water partition coefficient (Wildman–Crippen LogP) is 1.30. The molecule has 2 amide bonds. The highest BCUT2D eigenvalue weighted by atomic mass is 16.2. The van der Waals surface area contributed by atoms with Gasteiger partial charge in [0.25, 0.3) is 0 Å². The Balaban J connectivity index is 2.67. The summed E-state index contributed by atoms with van der Waals surface area (Å²) in [6, 6.07) is 8.83. The Kier molecular flexibility index (Phi) is 1.89. The van der Waals surface area contributed by atoms with Crippen LogP contribution in [0.2, 0.25) is 0 Å². The summed E-state index contributed by atoms with van der Waals surface area (Å²) in [5.74, 6) is 0. The summed E-state index contributed by atoms with van der Waals surface area (Å²) in [5.41, 5.74) is 7.08. The van der Waals surface area contributed by atoms with E-state index in [4.69, 9.17) is 5.73 Å². The third kappa shape index (κ3) is 1.78. The minimum Gasteiger partial charge on any atom is -0.306 e. The Labute approximate surface area is 58.8 Å². The number of nitrogens with one attached hydrogen (secondary N) is 2. The van der Waals surface area contributed by atoms with Crippen LogP contribution in [0.4, 0.5) is 10.5 Å². The Morgan fingerprint density at radius 1 is 1.60 bits per heavy atom. The van der Waals surface area contributed by atoms with Gasteiger partial charge >= 0.3 is 6.03 Å². The monoisotopic (exact) mass is 134 g/mol. The second kappa shape index (κ2) is 2.87. The van der Waals surface area contributed by atoms with Crippen molar-refractivity contribution in [3.05, 3.63) is 30.3 Å². The highest BCUT2D eigenvalue weighted by Crippen LogP contribution is 2.02. The highest BCUT2D eigenvalue weighted by Gasteiger charge is 1.92. The SMILES string of the molecule is [NH]C(=O)Nc1[c]cccc1. The number of hydrogen-bond acceptors (Lipinski definition) is 1. The van der Waals surface area contributed by atoms with Crippen LogP contribution in [0.1, 0.15) is 0 Å². The lowest BCUT2D eigenvalue weighted by atomic mass is 10.3. The lowest BCUT2D eigenvalue weighted by molar-refractivity contribution is 0.258. The average Bonchev–Trinajstić information content (AvgIpc) is 1.88. The van der Waals surface area contributed by atoms with Gasteiger partial charge in [-0.05, 0) is 6.07 Å². The van der Waals surface area contributed by atoms with Crippen molar-refractivity contribution in [2.75, 3.05) is 5.32 Å². The number of carbonyl (C=O) groups is 1. The van der Waals surface area contributed by atoms with Crippen molar-refractivity contribution in [1.82, 2.24) is 5.73 Å². The zero-order valence-electron chi connectivity index (χ0n) is 5.22. The van der Waals surface area contributed by atoms with E-state index in [0.717, 1.165) is 0 Å². The van der Waals surface area contributed by atoms with Gasteiger partial charge in [0.15, 0.2) is 0 Å². The first-order valence-corrected chi connectivity index (χ1v) is 2.78. The van der Waals surface area contributed by atoms with E-state index in [1.807, 2.05) is 0 Å². The average molecular weight is 134 g/mol. The van der Waals surface area contributed by atoms with E-state index in [2.05, 4.69) is 11.4 Å².